The molecule has 0 aromatic heterocycles. The third-order valence-electron chi connectivity index (χ3n) is 2.17. The molecule has 2 heterocycles. The predicted molar refractivity (Wildman–Crippen MR) is 53.0 cm³/mol. The van der Waals surface area contributed by atoms with E-state index in [1.807, 2.05) is 17.1 Å². The lowest BCUT2D eigenvalue weighted by atomic mass is 10.1. The van der Waals surface area contributed by atoms with Crippen LogP contribution in [-0.4, -0.2) is 35.3 Å². The number of rotatable bonds is 1. The van der Waals surface area contributed by atoms with Gasteiger partial charge in [0.2, 0.25) is 0 Å². The fraction of sp³-hybridized carbons (Fsp3) is 0.200. The number of aliphatic imine (C=N–C) groups is 1. The van der Waals surface area contributed by atoms with Gasteiger partial charge < -0.3 is 10.0 Å². The van der Waals surface area contributed by atoms with Crippen LogP contribution in [0.3, 0.4) is 0 Å². The Morgan fingerprint density at radius 2 is 2.21 bits per heavy atom. The Balaban J connectivity index is 2.44. The molecule has 0 bridgehead atoms. The maximum Gasteiger partial charge on any atom is 0.337 e. The lowest BCUT2D eigenvalue weighted by Gasteiger charge is -2.25. The van der Waals surface area contributed by atoms with E-state index in [-0.39, 0.29) is 0 Å². The van der Waals surface area contributed by atoms with Gasteiger partial charge in [0.05, 0.1) is 17.5 Å². The summed E-state index contributed by atoms with van der Waals surface area (Å²) in [5, 5.41) is 8.95. The molecule has 0 atom stereocenters. The van der Waals surface area contributed by atoms with Crippen LogP contribution in [0.5, 0.6) is 0 Å². The van der Waals surface area contributed by atoms with Gasteiger partial charge in [0, 0.05) is 19.3 Å². The van der Waals surface area contributed by atoms with E-state index in [2.05, 4.69) is 4.99 Å². The number of fused-ring (bicyclic) bond motifs is 1. The van der Waals surface area contributed by atoms with E-state index in [0.29, 0.717) is 17.8 Å². The van der Waals surface area contributed by atoms with Crippen molar-refractivity contribution in [1.82, 2.24) is 4.90 Å². The monoisotopic (exact) mass is 190 g/mol. The van der Waals surface area contributed by atoms with Crippen LogP contribution in [-0.2, 0) is 4.79 Å². The summed E-state index contributed by atoms with van der Waals surface area (Å²) in [5.41, 5.74) is 0.994. The van der Waals surface area contributed by atoms with Gasteiger partial charge in [-0.2, -0.15) is 0 Å². The van der Waals surface area contributed by atoms with Crippen LogP contribution in [0.4, 0.5) is 0 Å². The van der Waals surface area contributed by atoms with Crippen LogP contribution < -0.4 is 0 Å². The molecular weight excluding hydrogens is 180 g/mol. The van der Waals surface area contributed by atoms with Crippen molar-refractivity contribution in [2.75, 3.05) is 13.1 Å². The maximum atomic E-state index is 10.9. The van der Waals surface area contributed by atoms with Crippen molar-refractivity contribution in [3.63, 3.8) is 0 Å². The number of hydrogen-bond acceptors (Lipinski definition) is 3. The zero-order chi connectivity index (χ0) is 9.97. The summed E-state index contributed by atoms with van der Waals surface area (Å²) in [6.07, 6.45) is 8.66. The van der Waals surface area contributed by atoms with Gasteiger partial charge in [-0.1, -0.05) is 6.08 Å². The minimum atomic E-state index is -0.908. The molecule has 0 radical (unpaired) electrons. The van der Waals surface area contributed by atoms with Gasteiger partial charge in [0.25, 0.3) is 0 Å². The van der Waals surface area contributed by atoms with E-state index >= 15 is 0 Å². The standard InChI is InChI=1S/C10H10N2O2/c13-10(14)8-3-1-5-12-6-2-4-11-7-9(8)12/h1-4,7H,5-6H2,(H,13,14). The Bertz CT molecular complexity index is 378. The normalized spacial score (nSPS) is 19.6. The Labute approximate surface area is 81.6 Å². The molecule has 14 heavy (non-hydrogen) atoms. The minimum absolute atomic E-state index is 0.309. The average Bonchev–Trinajstić information content (AvgIpc) is 2.41. The van der Waals surface area contributed by atoms with Crippen LogP contribution >= 0.6 is 0 Å². The van der Waals surface area contributed by atoms with Gasteiger partial charge >= 0.3 is 5.97 Å². The first-order chi connectivity index (χ1) is 6.79. The molecule has 0 spiro atoms. The summed E-state index contributed by atoms with van der Waals surface area (Å²) >= 11 is 0. The average molecular weight is 190 g/mol. The Morgan fingerprint density at radius 3 is 3.00 bits per heavy atom. The highest BCUT2D eigenvalue weighted by Gasteiger charge is 2.19. The summed E-state index contributed by atoms with van der Waals surface area (Å²) in [5.74, 6) is -0.908. The maximum absolute atomic E-state index is 10.9. The Morgan fingerprint density at radius 1 is 1.43 bits per heavy atom. The highest BCUT2D eigenvalue weighted by atomic mass is 16.4. The third kappa shape index (κ3) is 1.46. The minimum Gasteiger partial charge on any atom is -0.478 e. The van der Waals surface area contributed by atoms with Gasteiger partial charge in [0.1, 0.15) is 0 Å². The molecule has 2 aliphatic rings. The van der Waals surface area contributed by atoms with Crippen molar-refractivity contribution >= 4 is 12.2 Å². The van der Waals surface area contributed by atoms with Crippen LogP contribution in [0.15, 0.2) is 40.7 Å². The van der Waals surface area contributed by atoms with Gasteiger partial charge in [-0.05, 0) is 12.2 Å². The fourth-order valence-electron chi connectivity index (χ4n) is 1.51. The molecule has 0 aromatic rings. The van der Waals surface area contributed by atoms with Crippen molar-refractivity contribution < 1.29 is 9.90 Å². The molecular formula is C10H10N2O2. The third-order valence-corrected chi connectivity index (χ3v) is 2.17. The number of allylic oxidation sites excluding steroid dienone is 1. The second-order valence-corrected chi connectivity index (χ2v) is 3.07. The Kier molecular flexibility index (Phi) is 2.18. The van der Waals surface area contributed by atoms with E-state index in [9.17, 15) is 4.79 Å². The van der Waals surface area contributed by atoms with Gasteiger partial charge in [-0.3, -0.25) is 4.99 Å². The molecule has 4 nitrogen and oxygen atoms in total. The largest absolute Gasteiger partial charge is 0.478 e. The SMILES string of the molecule is O=C(O)C1=C2C=NC=CCN2CC=C1. The summed E-state index contributed by atoms with van der Waals surface area (Å²) < 4.78 is 0. The van der Waals surface area contributed by atoms with E-state index in [0.717, 1.165) is 6.54 Å². The summed E-state index contributed by atoms with van der Waals surface area (Å²) in [6.45, 7) is 1.44. The molecule has 72 valence electrons. The lowest BCUT2D eigenvalue weighted by molar-refractivity contribution is -0.132. The van der Waals surface area contributed by atoms with Crippen molar-refractivity contribution in [2.45, 2.75) is 0 Å². The molecule has 0 saturated heterocycles. The first kappa shape index (κ1) is 8.74. The van der Waals surface area contributed by atoms with Crippen molar-refractivity contribution in [3.05, 3.63) is 35.7 Å². The first-order valence-electron chi connectivity index (χ1n) is 4.36. The molecule has 0 fully saturated rings. The van der Waals surface area contributed by atoms with E-state index in [1.165, 1.54) is 0 Å². The molecule has 1 N–H and O–H groups in total. The van der Waals surface area contributed by atoms with Crippen molar-refractivity contribution in [1.29, 1.82) is 0 Å². The van der Waals surface area contributed by atoms with Crippen molar-refractivity contribution in [3.8, 4) is 0 Å². The number of carboxylic acids is 1. The fourth-order valence-corrected chi connectivity index (χ4v) is 1.51. The number of nitrogens with zero attached hydrogens (tertiary/aromatic N) is 2. The van der Waals surface area contributed by atoms with Crippen LogP contribution in [0, 0.1) is 0 Å². The molecule has 0 aliphatic carbocycles. The topological polar surface area (TPSA) is 52.9 Å². The highest BCUT2D eigenvalue weighted by Crippen LogP contribution is 2.17. The zero-order valence-corrected chi connectivity index (χ0v) is 7.55. The van der Waals surface area contributed by atoms with Gasteiger partial charge in [-0.15, -0.1) is 0 Å². The quantitative estimate of drug-likeness (QED) is 0.665. The number of aliphatic carboxylic acids is 1. The highest BCUT2D eigenvalue weighted by molar-refractivity contribution is 5.98. The molecule has 4 heteroatoms. The number of carbonyl (C=O) groups is 1. The summed E-state index contributed by atoms with van der Waals surface area (Å²) in [4.78, 5) is 16.9. The summed E-state index contributed by atoms with van der Waals surface area (Å²) in [7, 11) is 0. The predicted octanol–water partition coefficient (Wildman–Crippen LogP) is 0.795. The molecule has 2 rings (SSSR count). The van der Waals surface area contributed by atoms with Crippen LogP contribution in [0.25, 0.3) is 0 Å². The summed E-state index contributed by atoms with van der Waals surface area (Å²) in [6, 6.07) is 0. The van der Waals surface area contributed by atoms with Crippen molar-refractivity contribution in [2.24, 2.45) is 4.99 Å². The van der Waals surface area contributed by atoms with Gasteiger partial charge in [-0.25, -0.2) is 4.79 Å². The van der Waals surface area contributed by atoms with E-state index in [1.54, 1.807) is 18.5 Å². The molecule has 0 unspecified atom stereocenters. The lowest BCUT2D eigenvalue weighted by Crippen LogP contribution is -2.28. The molecule has 0 saturated carbocycles. The van der Waals surface area contributed by atoms with E-state index < -0.39 is 5.97 Å². The van der Waals surface area contributed by atoms with Gasteiger partial charge in [0.15, 0.2) is 0 Å². The van der Waals surface area contributed by atoms with Crippen LogP contribution in [0.2, 0.25) is 0 Å². The van der Waals surface area contributed by atoms with E-state index in [4.69, 9.17) is 5.11 Å². The molecule has 2 aliphatic heterocycles. The second-order valence-electron chi connectivity index (χ2n) is 3.07. The molecule has 0 amide bonds. The van der Waals surface area contributed by atoms with Crippen LogP contribution in [0.1, 0.15) is 0 Å². The number of carboxylic acid groups (broad SMARTS) is 1. The second kappa shape index (κ2) is 3.49. The number of hydrogen-bond donors (Lipinski definition) is 1. The molecule has 0 aromatic carbocycles. The Hall–Kier alpha value is -1.84. The first-order valence-corrected chi connectivity index (χ1v) is 4.36. The zero-order valence-electron chi connectivity index (χ0n) is 7.55. The smallest absolute Gasteiger partial charge is 0.337 e.